The molecule has 0 amide bonds. The topological polar surface area (TPSA) is 37.8 Å². The highest BCUT2D eigenvalue weighted by Crippen LogP contribution is 2.41. The first kappa shape index (κ1) is 15.0. The van der Waals surface area contributed by atoms with Crippen LogP contribution in [0.1, 0.15) is 49.6 Å². The van der Waals surface area contributed by atoms with Gasteiger partial charge in [0.2, 0.25) is 0 Å². The van der Waals surface area contributed by atoms with E-state index in [-0.39, 0.29) is 11.6 Å². The Morgan fingerprint density at radius 1 is 1.38 bits per heavy atom. The van der Waals surface area contributed by atoms with E-state index >= 15 is 0 Å². The highest BCUT2D eigenvalue weighted by Gasteiger charge is 2.34. The smallest absolute Gasteiger partial charge is 0.263 e. The summed E-state index contributed by atoms with van der Waals surface area (Å²) in [5.74, 6) is 1.22. The summed E-state index contributed by atoms with van der Waals surface area (Å²) in [6.45, 7) is 8.60. The first-order valence-corrected chi connectivity index (χ1v) is 8.92. The van der Waals surface area contributed by atoms with Gasteiger partial charge >= 0.3 is 0 Å². The highest BCUT2D eigenvalue weighted by atomic mass is 32.1. The summed E-state index contributed by atoms with van der Waals surface area (Å²) in [5, 5.41) is 0.832. The van der Waals surface area contributed by atoms with Gasteiger partial charge in [0.15, 0.2) is 4.77 Å². The van der Waals surface area contributed by atoms with Gasteiger partial charge in [-0.15, -0.1) is 11.3 Å². The SMILES string of the molecule is CCC1CCC(n2c(=S)[nH]c3sc(C)c(C)c3c2=O)C1C. The fraction of sp³-hybridized carbons (Fsp3) is 0.625. The van der Waals surface area contributed by atoms with Crippen molar-refractivity contribution in [2.24, 2.45) is 11.8 Å². The van der Waals surface area contributed by atoms with E-state index in [0.29, 0.717) is 16.6 Å². The Morgan fingerprint density at radius 3 is 2.71 bits per heavy atom. The monoisotopic (exact) mass is 322 g/mol. The summed E-state index contributed by atoms with van der Waals surface area (Å²) in [7, 11) is 0. The molecule has 0 spiro atoms. The van der Waals surface area contributed by atoms with Crippen LogP contribution >= 0.6 is 23.6 Å². The third-order valence-electron chi connectivity index (χ3n) is 5.30. The normalized spacial score (nSPS) is 25.8. The van der Waals surface area contributed by atoms with Crippen molar-refractivity contribution in [2.75, 3.05) is 0 Å². The molecule has 1 saturated carbocycles. The van der Waals surface area contributed by atoms with Crippen molar-refractivity contribution >= 4 is 33.8 Å². The second kappa shape index (κ2) is 5.36. The second-order valence-corrected chi connectivity index (χ2v) is 7.88. The average molecular weight is 322 g/mol. The van der Waals surface area contributed by atoms with Gasteiger partial charge in [0, 0.05) is 10.9 Å². The van der Waals surface area contributed by atoms with Crippen LogP contribution < -0.4 is 5.56 Å². The van der Waals surface area contributed by atoms with Crippen LogP contribution in [0.25, 0.3) is 10.2 Å². The molecule has 1 fully saturated rings. The van der Waals surface area contributed by atoms with Crippen LogP contribution in [0.3, 0.4) is 0 Å². The van der Waals surface area contributed by atoms with E-state index in [1.165, 1.54) is 17.7 Å². The van der Waals surface area contributed by atoms with Crippen molar-refractivity contribution in [3.63, 3.8) is 0 Å². The summed E-state index contributed by atoms with van der Waals surface area (Å²) in [4.78, 5) is 18.4. The third kappa shape index (κ3) is 2.21. The Labute approximate surface area is 134 Å². The molecule has 5 heteroatoms. The van der Waals surface area contributed by atoms with Gasteiger partial charge in [0.05, 0.1) is 5.39 Å². The zero-order valence-electron chi connectivity index (χ0n) is 13.0. The van der Waals surface area contributed by atoms with Crippen molar-refractivity contribution in [3.05, 3.63) is 25.6 Å². The van der Waals surface area contributed by atoms with Crippen LogP contribution in [-0.2, 0) is 0 Å². The molecule has 3 unspecified atom stereocenters. The number of aromatic nitrogens is 2. The molecule has 21 heavy (non-hydrogen) atoms. The van der Waals surface area contributed by atoms with E-state index in [9.17, 15) is 4.79 Å². The van der Waals surface area contributed by atoms with E-state index in [1.54, 1.807) is 11.3 Å². The summed E-state index contributed by atoms with van der Waals surface area (Å²) in [6.07, 6.45) is 3.44. The molecular formula is C16H22N2OS2. The van der Waals surface area contributed by atoms with E-state index in [0.717, 1.165) is 22.2 Å². The Kier molecular flexibility index (Phi) is 3.82. The quantitative estimate of drug-likeness (QED) is 0.811. The number of nitrogens with zero attached hydrogens (tertiary/aromatic N) is 1. The molecule has 2 aromatic rings. The minimum Gasteiger partial charge on any atom is -0.323 e. The van der Waals surface area contributed by atoms with Gasteiger partial charge in [-0.25, -0.2) is 0 Å². The minimum atomic E-state index is 0.101. The lowest BCUT2D eigenvalue weighted by Crippen LogP contribution is -2.29. The molecule has 1 aliphatic carbocycles. The van der Waals surface area contributed by atoms with Gasteiger partial charge in [0.1, 0.15) is 4.83 Å². The second-order valence-electron chi connectivity index (χ2n) is 6.26. The summed E-state index contributed by atoms with van der Waals surface area (Å²) < 4.78 is 2.44. The Hall–Kier alpha value is -0.940. The highest BCUT2D eigenvalue weighted by molar-refractivity contribution is 7.71. The Balaban J connectivity index is 2.22. The number of aryl methyl sites for hydroxylation is 2. The number of nitrogens with one attached hydrogen (secondary N) is 1. The predicted octanol–water partition coefficient (Wildman–Crippen LogP) is 4.73. The van der Waals surface area contributed by atoms with E-state index < -0.39 is 0 Å². The number of hydrogen-bond acceptors (Lipinski definition) is 3. The molecule has 0 saturated heterocycles. The number of aromatic amines is 1. The zero-order valence-corrected chi connectivity index (χ0v) is 14.7. The van der Waals surface area contributed by atoms with E-state index in [2.05, 4.69) is 25.8 Å². The van der Waals surface area contributed by atoms with Crippen LogP contribution in [-0.4, -0.2) is 9.55 Å². The van der Waals surface area contributed by atoms with Gasteiger partial charge in [0.25, 0.3) is 5.56 Å². The molecule has 0 aliphatic heterocycles. The lowest BCUT2D eigenvalue weighted by molar-refractivity contribution is 0.321. The Morgan fingerprint density at radius 2 is 2.10 bits per heavy atom. The summed E-state index contributed by atoms with van der Waals surface area (Å²) >= 11 is 7.13. The van der Waals surface area contributed by atoms with Crippen LogP contribution in [0.5, 0.6) is 0 Å². The lowest BCUT2D eigenvalue weighted by Gasteiger charge is -2.22. The van der Waals surface area contributed by atoms with Gasteiger partial charge in [-0.05, 0) is 56.3 Å². The largest absolute Gasteiger partial charge is 0.323 e. The molecule has 0 aromatic carbocycles. The van der Waals surface area contributed by atoms with Gasteiger partial charge in [-0.2, -0.15) is 0 Å². The number of thiophene rings is 1. The molecular weight excluding hydrogens is 300 g/mol. The molecule has 3 nitrogen and oxygen atoms in total. The molecule has 3 atom stereocenters. The number of rotatable bonds is 2. The fourth-order valence-corrected chi connectivity index (χ4v) is 5.25. The van der Waals surface area contributed by atoms with Crippen molar-refractivity contribution in [1.29, 1.82) is 0 Å². The standard InChI is InChI=1S/C16H22N2OS2/c1-5-11-6-7-12(9(11)3)18-15(19)13-8(2)10(4)21-14(13)17-16(18)20/h9,11-12H,5-7H2,1-4H3,(H,17,20). The van der Waals surface area contributed by atoms with Crippen molar-refractivity contribution in [3.8, 4) is 0 Å². The average Bonchev–Trinajstić information content (AvgIpc) is 2.92. The van der Waals surface area contributed by atoms with Crippen molar-refractivity contribution in [1.82, 2.24) is 9.55 Å². The van der Waals surface area contributed by atoms with Crippen molar-refractivity contribution < 1.29 is 0 Å². The van der Waals surface area contributed by atoms with Crippen molar-refractivity contribution in [2.45, 2.75) is 53.0 Å². The molecule has 0 radical (unpaired) electrons. The molecule has 2 aromatic heterocycles. The van der Waals surface area contributed by atoms with Gasteiger partial charge in [-0.3, -0.25) is 9.36 Å². The molecule has 1 N–H and O–H groups in total. The minimum absolute atomic E-state index is 0.101. The van der Waals surface area contributed by atoms with Crippen LogP contribution in [0.15, 0.2) is 4.79 Å². The molecule has 0 bridgehead atoms. The first-order chi connectivity index (χ1) is 9.95. The number of hydrogen-bond donors (Lipinski definition) is 1. The number of fused-ring (bicyclic) bond motifs is 1. The molecule has 3 rings (SSSR count). The fourth-order valence-electron chi connectivity index (χ4n) is 3.81. The van der Waals surface area contributed by atoms with Gasteiger partial charge < -0.3 is 4.98 Å². The predicted molar refractivity (Wildman–Crippen MR) is 92.0 cm³/mol. The molecule has 1 aliphatic rings. The maximum Gasteiger partial charge on any atom is 0.263 e. The first-order valence-electron chi connectivity index (χ1n) is 7.70. The van der Waals surface area contributed by atoms with Crippen LogP contribution in [0.4, 0.5) is 0 Å². The van der Waals surface area contributed by atoms with E-state index in [1.807, 2.05) is 11.5 Å². The zero-order chi connectivity index (χ0) is 15.3. The molecule has 114 valence electrons. The van der Waals surface area contributed by atoms with E-state index in [4.69, 9.17) is 12.2 Å². The summed E-state index contributed by atoms with van der Waals surface area (Å²) in [5.41, 5.74) is 1.20. The maximum absolute atomic E-state index is 13.0. The lowest BCUT2D eigenvalue weighted by atomic mass is 9.93. The van der Waals surface area contributed by atoms with Crippen LogP contribution in [0.2, 0.25) is 0 Å². The third-order valence-corrected chi connectivity index (χ3v) is 6.72. The Bertz CT molecular complexity index is 799. The maximum atomic E-state index is 13.0. The van der Waals surface area contributed by atoms with Crippen LogP contribution in [0, 0.1) is 30.5 Å². The molecule has 2 heterocycles. The van der Waals surface area contributed by atoms with Gasteiger partial charge in [-0.1, -0.05) is 20.3 Å². The number of H-pyrrole nitrogens is 1. The summed E-state index contributed by atoms with van der Waals surface area (Å²) in [6, 6.07) is 0.246.